The molecule has 0 saturated carbocycles. The highest BCUT2D eigenvalue weighted by Gasteiger charge is 2.20. The number of rotatable bonds is 8. The van der Waals surface area contributed by atoms with Crippen molar-refractivity contribution in [2.75, 3.05) is 27.2 Å². The maximum Gasteiger partial charge on any atom is 0.220 e. The number of carbonyl (C=O) groups is 1. The molecule has 30 heavy (non-hydrogen) atoms. The fraction of sp³-hybridized carbons (Fsp3) is 0.375. The summed E-state index contributed by atoms with van der Waals surface area (Å²) in [7, 11) is 4.02. The van der Waals surface area contributed by atoms with Gasteiger partial charge in [0.15, 0.2) is 0 Å². The van der Waals surface area contributed by atoms with Crippen LogP contribution in [0.15, 0.2) is 42.5 Å². The number of nitrogens with one attached hydrogen (secondary N) is 2. The number of carbonyl (C=O) groups excluding carboxylic acids is 1. The second kappa shape index (κ2) is 8.96. The van der Waals surface area contributed by atoms with E-state index in [0.717, 1.165) is 34.3 Å². The van der Waals surface area contributed by atoms with Gasteiger partial charge in [-0.1, -0.05) is 13.8 Å². The molecule has 0 radical (unpaired) electrons. The van der Waals surface area contributed by atoms with Crippen LogP contribution in [-0.4, -0.2) is 43.0 Å². The van der Waals surface area contributed by atoms with Crippen LogP contribution in [0, 0.1) is 17.0 Å². The standard InChI is InChI=1S/C24H29F2N3O/c1-24(2,15-29(3)4)14-27-22(30)12-10-19-20-13-18(26)9-11-21(20)28-23(19)16-5-7-17(25)8-6-16/h5-9,11,13,28H,10,12,14-15H2,1-4H3,(H,27,30). The monoisotopic (exact) mass is 413 g/mol. The molecule has 0 atom stereocenters. The van der Waals surface area contributed by atoms with Gasteiger partial charge in [0.25, 0.3) is 0 Å². The average Bonchev–Trinajstić information content (AvgIpc) is 3.02. The number of aryl methyl sites for hydroxylation is 1. The van der Waals surface area contributed by atoms with Crippen LogP contribution >= 0.6 is 0 Å². The quantitative estimate of drug-likeness (QED) is 0.560. The number of amides is 1. The van der Waals surface area contributed by atoms with Gasteiger partial charge in [0, 0.05) is 36.1 Å². The fourth-order valence-electron chi connectivity index (χ4n) is 3.92. The lowest BCUT2D eigenvalue weighted by Crippen LogP contribution is -2.40. The van der Waals surface area contributed by atoms with E-state index in [0.29, 0.717) is 13.0 Å². The van der Waals surface area contributed by atoms with E-state index in [2.05, 4.69) is 29.0 Å². The van der Waals surface area contributed by atoms with E-state index in [1.165, 1.54) is 24.3 Å². The topological polar surface area (TPSA) is 48.1 Å². The second-order valence-corrected chi connectivity index (χ2v) is 8.85. The summed E-state index contributed by atoms with van der Waals surface area (Å²) < 4.78 is 27.2. The minimum atomic E-state index is -0.330. The molecule has 0 aliphatic heterocycles. The fourth-order valence-corrected chi connectivity index (χ4v) is 3.92. The zero-order chi connectivity index (χ0) is 21.9. The lowest BCUT2D eigenvalue weighted by molar-refractivity contribution is -0.121. The zero-order valence-electron chi connectivity index (χ0n) is 18.0. The molecule has 0 saturated heterocycles. The number of benzene rings is 2. The van der Waals surface area contributed by atoms with Gasteiger partial charge in [-0.3, -0.25) is 4.79 Å². The summed E-state index contributed by atoms with van der Waals surface area (Å²) in [5, 5.41) is 3.76. The number of aromatic nitrogens is 1. The summed E-state index contributed by atoms with van der Waals surface area (Å²) in [5.74, 6) is -0.692. The van der Waals surface area contributed by atoms with Crippen molar-refractivity contribution in [3.63, 3.8) is 0 Å². The van der Waals surface area contributed by atoms with E-state index in [1.54, 1.807) is 18.2 Å². The van der Waals surface area contributed by atoms with Crippen LogP contribution < -0.4 is 5.32 Å². The normalized spacial score (nSPS) is 12.0. The highest BCUT2D eigenvalue weighted by atomic mass is 19.1. The molecule has 0 spiro atoms. The Morgan fingerprint density at radius 3 is 2.40 bits per heavy atom. The van der Waals surface area contributed by atoms with Crippen LogP contribution in [0.25, 0.3) is 22.2 Å². The van der Waals surface area contributed by atoms with Crippen LogP contribution in [0.1, 0.15) is 25.8 Å². The highest BCUT2D eigenvalue weighted by molar-refractivity contribution is 5.91. The van der Waals surface area contributed by atoms with Crippen LogP contribution in [0.3, 0.4) is 0 Å². The summed E-state index contributed by atoms with van der Waals surface area (Å²) >= 11 is 0. The molecule has 4 nitrogen and oxygen atoms in total. The molecular weight excluding hydrogens is 384 g/mol. The molecule has 0 fully saturated rings. The van der Waals surface area contributed by atoms with Crippen molar-refractivity contribution in [2.24, 2.45) is 5.41 Å². The average molecular weight is 414 g/mol. The largest absolute Gasteiger partial charge is 0.356 e. The Hall–Kier alpha value is -2.73. The molecule has 6 heteroatoms. The minimum Gasteiger partial charge on any atom is -0.356 e. The minimum absolute atomic E-state index is 0.0393. The van der Waals surface area contributed by atoms with Gasteiger partial charge in [-0.25, -0.2) is 8.78 Å². The SMILES string of the molecule is CN(C)CC(C)(C)CNC(=O)CCc1c(-c2ccc(F)cc2)[nH]c2ccc(F)cc12. The third kappa shape index (κ3) is 5.45. The molecule has 1 heterocycles. The Morgan fingerprint density at radius 2 is 1.73 bits per heavy atom. The second-order valence-electron chi connectivity index (χ2n) is 8.85. The lowest BCUT2D eigenvalue weighted by Gasteiger charge is -2.28. The number of nitrogens with zero attached hydrogens (tertiary/aromatic N) is 1. The molecule has 0 aliphatic carbocycles. The van der Waals surface area contributed by atoms with Gasteiger partial charge in [-0.15, -0.1) is 0 Å². The predicted molar refractivity (Wildman–Crippen MR) is 117 cm³/mol. The molecule has 3 aromatic rings. The molecule has 1 amide bonds. The number of halogens is 2. The number of hydrogen-bond donors (Lipinski definition) is 2. The lowest BCUT2D eigenvalue weighted by atomic mass is 9.93. The van der Waals surface area contributed by atoms with Crippen LogP contribution in [-0.2, 0) is 11.2 Å². The van der Waals surface area contributed by atoms with E-state index in [9.17, 15) is 13.6 Å². The third-order valence-corrected chi connectivity index (χ3v) is 5.11. The first-order chi connectivity index (χ1) is 14.1. The summed E-state index contributed by atoms with van der Waals surface area (Å²) in [6.07, 6.45) is 0.742. The van der Waals surface area contributed by atoms with E-state index >= 15 is 0 Å². The van der Waals surface area contributed by atoms with Crippen molar-refractivity contribution in [3.8, 4) is 11.3 Å². The zero-order valence-corrected chi connectivity index (χ0v) is 18.0. The maximum atomic E-state index is 13.9. The molecule has 0 unspecified atom stereocenters. The predicted octanol–water partition coefficient (Wildman–Crippen LogP) is 4.75. The van der Waals surface area contributed by atoms with Gasteiger partial charge in [-0.05, 0) is 79.5 Å². The van der Waals surface area contributed by atoms with Gasteiger partial charge in [0.05, 0.1) is 0 Å². The summed E-state index contributed by atoms with van der Waals surface area (Å²) in [6.45, 7) is 5.67. The summed E-state index contributed by atoms with van der Waals surface area (Å²) in [6, 6.07) is 10.7. The number of aromatic amines is 1. The Labute approximate surface area is 176 Å². The molecule has 0 bridgehead atoms. The first kappa shape index (κ1) is 22.0. The molecule has 160 valence electrons. The Balaban J connectivity index is 1.79. The van der Waals surface area contributed by atoms with E-state index < -0.39 is 0 Å². The number of hydrogen-bond acceptors (Lipinski definition) is 2. The smallest absolute Gasteiger partial charge is 0.220 e. The first-order valence-corrected chi connectivity index (χ1v) is 10.1. The van der Waals surface area contributed by atoms with Crippen LogP contribution in [0.2, 0.25) is 0 Å². The van der Waals surface area contributed by atoms with E-state index in [1.807, 2.05) is 14.1 Å². The number of H-pyrrole nitrogens is 1. The van der Waals surface area contributed by atoms with Gasteiger partial charge < -0.3 is 15.2 Å². The van der Waals surface area contributed by atoms with Crippen molar-refractivity contribution in [1.82, 2.24) is 15.2 Å². The van der Waals surface area contributed by atoms with Gasteiger partial charge >= 0.3 is 0 Å². The molecule has 0 aliphatic rings. The van der Waals surface area contributed by atoms with E-state index in [4.69, 9.17) is 0 Å². The highest BCUT2D eigenvalue weighted by Crippen LogP contribution is 2.32. The Bertz CT molecular complexity index is 1020. The molecule has 2 N–H and O–H groups in total. The van der Waals surface area contributed by atoms with Crippen molar-refractivity contribution < 1.29 is 13.6 Å². The van der Waals surface area contributed by atoms with Crippen molar-refractivity contribution >= 4 is 16.8 Å². The molecule has 1 aromatic heterocycles. The third-order valence-electron chi connectivity index (χ3n) is 5.11. The van der Waals surface area contributed by atoms with Crippen molar-refractivity contribution in [2.45, 2.75) is 26.7 Å². The molecule has 3 rings (SSSR count). The molecule has 2 aromatic carbocycles. The van der Waals surface area contributed by atoms with Gasteiger partial charge in [0.1, 0.15) is 11.6 Å². The maximum absolute atomic E-state index is 13.9. The van der Waals surface area contributed by atoms with Gasteiger partial charge in [-0.2, -0.15) is 0 Å². The van der Waals surface area contributed by atoms with Crippen LogP contribution in [0.5, 0.6) is 0 Å². The first-order valence-electron chi connectivity index (χ1n) is 10.1. The Kier molecular flexibility index (Phi) is 6.56. The van der Waals surface area contributed by atoms with Gasteiger partial charge in [0.2, 0.25) is 5.91 Å². The molecular formula is C24H29F2N3O. The Morgan fingerprint density at radius 1 is 1.07 bits per heavy atom. The summed E-state index contributed by atoms with van der Waals surface area (Å²) in [4.78, 5) is 17.9. The van der Waals surface area contributed by atoms with Crippen molar-refractivity contribution in [1.29, 1.82) is 0 Å². The number of fused-ring (bicyclic) bond motifs is 1. The summed E-state index contributed by atoms with van der Waals surface area (Å²) in [5.41, 5.74) is 3.20. The van der Waals surface area contributed by atoms with E-state index in [-0.39, 0.29) is 29.4 Å². The van der Waals surface area contributed by atoms with Crippen molar-refractivity contribution in [3.05, 3.63) is 59.7 Å². The van der Waals surface area contributed by atoms with Crippen LogP contribution in [0.4, 0.5) is 8.78 Å².